The Bertz CT molecular complexity index is 1160. The maximum absolute atomic E-state index is 13.0. The Morgan fingerprint density at radius 3 is 3.03 bits per heavy atom. The lowest BCUT2D eigenvalue weighted by atomic mass is 9.89. The Hall–Kier alpha value is -3.33. The molecule has 1 saturated carbocycles. The van der Waals surface area contributed by atoms with Crippen LogP contribution in [0.5, 0.6) is 5.75 Å². The van der Waals surface area contributed by atoms with Gasteiger partial charge in [0.1, 0.15) is 30.0 Å². The van der Waals surface area contributed by atoms with Crippen LogP contribution in [0.3, 0.4) is 0 Å². The number of carbonyl (C=O) groups is 1. The Morgan fingerprint density at radius 2 is 2.20 bits per heavy atom. The zero-order valence-corrected chi connectivity index (χ0v) is 16.6. The number of imidazole rings is 1. The number of amides is 1. The van der Waals surface area contributed by atoms with Crippen molar-refractivity contribution < 1.29 is 14.3 Å². The van der Waals surface area contributed by atoms with Crippen molar-refractivity contribution in [2.45, 2.75) is 31.6 Å². The number of fused-ring (bicyclic) bond motifs is 4. The van der Waals surface area contributed by atoms with E-state index in [1.54, 1.807) is 0 Å². The molecule has 0 saturated heterocycles. The molecule has 9 nitrogen and oxygen atoms in total. The first-order chi connectivity index (χ1) is 14.7. The molecule has 1 amide bonds. The molecular formula is C21H22N6O3. The molecule has 1 fully saturated rings. The molecule has 3 aromatic rings. The maximum atomic E-state index is 13.0. The van der Waals surface area contributed by atoms with Gasteiger partial charge in [-0.3, -0.25) is 0 Å². The fraction of sp³-hybridized carbons (Fsp3) is 0.381. The molecule has 3 aliphatic rings. The first kappa shape index (κ1) is 17.5. The molecule has 4 heterocycles. The monoisotopic (exact) mass is 406 g/mol. The van der Waals surface area contributed by atoms with Crippen LogP contribution in [-0.4, -0.2) is 52.9 Å². The first-order valence-electron chi connectivity index (χ1n) is 10.2. The summed E-state index contributed by atoms with van der Waals surface area (Å²) in [6, 6.07) is 7.85. The molecule has 154 valence electrons. The zero-order chi connectivity index (χ0) is 20.2. The van der Waals surface area contributed by atoms with E-state index in [0.29, 0.717) is 30.9 Å². The third-order valence-electron chi connectivity index (χ3n) is 6.13. The minimum atomic E-state index is -0.235. The fourth-order valence-corrected chi connectivity index (χ4v) is 4.31. The lowest BCUT2D eigenvalue weighted by Crippen LogP contribution is -2.52. The summed E-state index contributed by atoms with van der Waals surface area (Å²) in [5.74, 6) is 1.56. The van der Waals surface area contributed by atoms with E-state index in [0.717, 1.165) is 41.3 Å². The summed E-state index contributed by atoms with van der Waals surface area (Å²) in [5.41, 5.74) is 4.02. The number of nitrogens with zero attached hydrogens (tertiary/aromatic N) is 4. The van der Waals surface area contributed by atoms with Gasteiger partial charge in [-0.1, -0.05) is 6.07 Å². The summed E-state index contributed by atoms with van der Waals surface area (Å²) in [4.78, 5) is 24.4. The van der Waals surface area contributed by atoms with Crippen LogP contribution < -0.4 is 20.3 Å². The maximum Gasteiger partial charge on any atom is 0.328 e. The van der Waals surface area contributed by atoms with Gasteiger partial charge in [0.15, 0.2) is 5.65 Å². The Labute approximate surface area is 173 Å². The molecule has 2 N–H and O–H groups in total. The number of carbonyl (C=O) groups excluding carboxylic acids is 1. The van der Waals surface area contributed by atoms with Gasteiger partial charge in [0, 0.05) is 13.1 Å². The number of benzene rings is 1. The molecule has 30 heavy (non-hydrogen) atoms. The normalized spacial score (nSPS) is 22.6. The van der Waals surface area contributed by atoms with Gasteiger partial charge in [0.25, 0.3) is 0 Å². The van der Waals surface area contributed by atoms with Crippen LogP contribution in [0.15, 0.2) is 30.6 Å². The highest BCUT2D eigenvalue weighted by atomic mass is 16.5. The molecule has 1 aromatic carbocycles. The molecule has 2 atom stereocenters. The van der Waals surface area contributed by atoms with Crippen molar-refractivity contribution in [3.8, 4) is 5.75 Å². The van der Waals surface area contributed by atoms with E-state index in [4.69, 9.17) is 14.5 Å². The first-order valence-corrected chi connectivity index (χ1v) is 10.2. The van der Waals surface area contributed by atoms with Gasteiger partial charge in [0.05, 0.1) is 36.7 Å². The van der Waals surface area contributed by atoms with Crippen molar-refractivity contribution in [3.05, 3.63) is 36.2 Å². The number of ether oxygens (including phenoxy) is 2. The lowest BCUT2D eigenvalue weighted by Gasteiger charge is -2.37. The van der Waals surface area contributed by atoms with E-state index in [1.165, 1.54) is 10.9 Å². The van der Waals surface area contributed by atoms with Crippen LogP contribution in [0, 0.1) is 0 Å². The van der Waals surface area contributed by atoms with Crippen LogP contribution in [0.25, 0.3) is 11.2 Å². The van der Waals surface area contributed by atoms with Crippen LogP contribution >= 0.6 is 0 Å². The van der Waals surface area contributed by atoms with Crippen LogP contribution in [0.1, 0.15) is 18.4 Å². The summed E-state index contributed by atoms with van der Waals surface area (Å²) in [5, 5.41) is 6.27. The highest BCUT2D eigenvalue weighted by Gasteiger charge is 2.34. The van der Waals surface area contributed by atoms with E-state index in [-0.39, 0.29) is 18.2 Å². The van der Waals surface area contributed by atoms with Crippen LogP contribution in [0.2, 0.25) is 0 Å². The molecule has 1 aliphatic carbocycles. The summed E-state index contributed by atoms with van der Waals surface area (Å²) >= 11 is 0. The van der Waals surface area contributed by atoms with E-state index < -0.39 is 0 Å². The van der Waals surface area contributed by atoms with Crippen LogP contribution in [-0.2, 0) is 11.3 Å². The molecule has 0 unspecified atom stereocenters. The molecule has 2 aromatic heterocycles. The second-order valence-corrected chi connectivity index (χ2v) is 7.85. The number of anilines is 3. The van der Waals surface area contributed by atoms with Gasteiger partial charge in [-0.15, -0.1) is 0 Å². The standard InChI is InChI=1S/C21H22N6O3/c1-22-14-9-18-25-20-19(14)23-11-27(20)21(28)24-13-3-5-16(13)30-10-12-2-4-17-15(8-12)26(18)6-7-29-17/h2,4,8-9,11,13,16H,3,5-7,10H2,1H3,(H,22,25)(H,24,28)/t13-,16-/m1/s1. The number of rotatable bonds is 1. The van der Waals surface area contributed by atoms with Crippen molar-refractivity contribution in [3.63, 3.8) is 0 Å². The molecule has 0 spiro atoms. The van der Waals surface area contributed by atoms with Crippen molar-refractivity contribution in [2.75, 3.05) is 30.4 Å². The van der Waals surface area contributed by atoms with Gasteiger partial charge < -0.3 is 25.0 Å². The molecule has 9 heteroatoms. The third kappa shape index (κ3) is 2.62. The predicted molar refractivity (Wildman–Crippen MR) is 112 cm³/mol. The number of pyridine rings is 1. The van der Waals surface area contributed by atoms with Crippen molar-refractivity contribution in [1.29, 1.82) is 0 Å². The zero-order valence-electron chi connectivity index (χ0n) is 16.6. The average molecular weight is 406 g/mol. The minimum absolute atomic E-state index is 0.00597. The van der Waals surface area contributed by atoms with Crippen molar-refractivity contribution in [1.82, 2.24) is 19.9 Å². The topological polar surface area (TPSA) is 93.5 Å². The molecule has 4 bridgehead atoms. The largest absolute Gasteiger partial charge is 0.490 e. The van der Waals surface area contributed by atoms with Crippen LogP contribution in [0.4, 0.5) is 22.0 Å². The second-order valence-electron chi connectivity index (χ2n) is 7.85. The van der Waals surface area contributed by atoms with E-state index in [1.807, 2.05) is 25.2 Å². The molecule has 0 radical (unpaired) electrons. The minimum Gasteiger partial charge on any atom is -0.490 e. The van der Waals surface area contributed by atoms with E-state index in [2.05, 4.69) is 26.6 Å². The van der Waals surface area contributed by atoms with Gasteiger partial charge in [0.2, 0.25) is 0 Å². The summed E-state index contributed by atoms with van der Waals surface area (Å²) in [7, 11) is 1.84. The predicted octanol–water partition coefficient (Wildman–Crippen LogP) is 2.62. The van der Waals surface area contributed by atoms with Gasteiger partial charge in [-0.2, -0.15) is 0 Å². The lowest BCUT2D eigenvalue weighted by molar-refractivity contribution is -0.0323. The van der Waals surface area contributed by atoms with Crippen molar-refractivity contribution in [2.24, 2.45) is 0 Å². The molecule has 6 rings (SSSR count). The smallest absolute Gasteiger partial charge is 0.328 e. The summed E-state index contributed by atoms with van der Waals surface area (Å²) < 4.78 is 13.5. The van der Waals surface area contributed by atoms with Crippen molar-refractivity contribution >= 4 is 34.4 Å². The Morgan fingerprint density at radius 1 is 1.27 bits per heavy atom. The number of hydrogen-bond acceptors (Lipinski definition) is 7. The number of hydrogen-bond donors (Lipinski definition) is 2. The average Bonchev–Trinajstić information content (AvgIpc) is 3.19. The number of aromatic nitrogens is 3. The summed E-state index contributed by atoms with van der Waals surface area (Å²) in [6.07, 6.45) is 3.37. The number of nitrogens with one attached hydrogen (secondary N) is 2. The van der Waals surface area contributed by atoms with E-state index >= 15 is 0 Å². The Kier molecular flexibility index (Phi) is 3.85. The van der Waals surface area contributed by atoms with Gasteiger partial charge in [-0.05, 0) is 30.5 Å². The Balaban J connectivity index is 1.56. The quantitative estimate of drug-likeness (QED) is 0.642. The summed E-state index contributed by atoms with van der Waals surface area (Å²) in [6.45, 7) is 1.70. The fourth-order valence-electron chi connectivity index (χ4n) is 4.31. The highest BCUT2D eigenvalue weighted by molar-refractivity contribution is 5.95. The van der Waals surface area contributed by atoms with Gasteiger partial charge >= 0.3 is 6.03 Å². The van der Waals surface area contributed by atoms with E-state index in [9.17, 15) is 4.79 Å². The van der Waals surface area contributed by atoms with Gasteiger partial charge in [-0.25, -0.2) is 19.3 Å². The second kappa shape index (κ2) is 6.60. The molecular weight excluding hydrogens is 384 g/mol. The third-order valence-corrected chi connectivity index (χ3v) is 6.13. The SMILES string of the molecule is CNc1cc2nc3c1ncn3C(=O)N[C@@H]1CC[C@H]1OCc1ccc3c(c1)N2CCO3. The molecule has 2 aliphatic heterocycles. The highest BCUT2D eigenvalue weighted by Crippen LogP contribution is 2.39.